The number of imidazole rings is 1. The van der Waals surface area contributed by atoms with Gasteiger partial charge in [-0.2, -0.15) is 0 Å². The molecule has 0 radical (unpaired) electrons. The van der Waals surface area contributed by atoms with Crippen molar-refractivity contribution < 1.29 is 13.9 Å². The predicted molar refractivity (Wildman–Crippen MR) is 89.1 cm³/mol. The average Bonchev–Trinajstić information content (AvgIpc) is 3.05. The number of nitrogens with zero attached hydrogens (tertiary/aromatic N) is 2. The third kappa shape index (κ3) is 3.66. The van der Waals surface area contributed by atoms with Gasteiger partial charge in [-0.25, -0.2) is 9.37 Å². The molecule has 1 N–H and O–H groups in total. The van der Waals surface area contributed by atoms with Crippen molar-refractivity contribution in [2.24, 2.45) is 0 Å². The lowest BCUT2D eigenvalue weighted by molar-refractivity contribution is -0.150. The van der Waals surface area contributed by atoms with Gasteiger partial charge >= 0.3 is 0 Å². The van der Waals surface area contributed by atoms with E-state index >= 15 is 0 Å². The lowest BCUT2D eigenvalue weighted by Gasteiger charge is -2.37. The minimum atomic E-state index is -0.275. The minimum absolute atomic E-state index is 0.0241. The van der Waals surface area contributed by atoms with Crippen LogP contribution < -0.4 is 0 Å². The largest absolute Gasteiger partial charge is 0.352 e. The van der Waals surface area contributed by atoms with E-state index in [2.05, 4.69) is 14.9 Å². The Morgan fingerprint density at radius 2 is 1.96 bits per heavy atom. The number of fused-ring (bicyclic) bond motifs is 1. The fraction of sp³-hybridized carbons (Fsp3) is 0.500. The van der Waals surface area contributed by atoms with Crippen molar-refractivity contribution in [3.05, 3.63) is 53.4 Å². The van der Waals surface area contributed by atoms with Crippen LogP contribution in [0.4, 0.5) is 4.39 Å². The predicted octanol–water partition coefficient (Wildman–Crippen LogP) is 2.90. The van der Waals surface area contributed by atoms with Crippen molar-refractivity contribution in [1.82, 2.24) is 14.9 Å². The number of nitrogens with one attached hydrogen (secondary N) is 1. The first kappa shape index (κ1) is 17.1. The molecule has 24 heavy (non-hydrogen) atoms. The Bertz CT molecular complexity index is 638. The van der Waals surface area contributed by atoms with Crippen LogP contribution in [0, 0.1) is 5.82 Å². The maximum absolute atomic E-state index is 13.3. The molecule has 1 aliphatic heterocycles. The third-order valence-corrected chi connectivity index (χ3v) is 4.30. The molecule has 2 heterocycles. The van der Waals surface area contributed by atoms with Crippen LogP contribution in [0.15, 0.2) is 30.6 Å². The molecule has 0 unspecified atom stereocenters. The highest BCUT2D eigenvalue weighted by molar-refractivity contribution is 5.32. The summed E-state index contributed by atoms with van der Waals surface area (Å²) in [6, 6.07) is 6.62. The molecule has 1 atom stereocenters. The van der Waals surface area contributed by atoms with Crippen molar-refractivity contribution in [3.8, 4) is 0 Å². The van der Waals surface area contributed by atoms with Crippen LogP contribution in [0.2, 0.25) is 0 Å². The fourth-order valence-electron chi connectivity index (χ4n) is 3.25. The molecule has 1 aromatic carbocycles. The molecule has 5 nitrogen and oxygen atoms in total. The van der Waals surface area contributed by atoms with Crippen molar-refractivity contribution in [1.29, 1.82) is 0 Å². The molecule has 3 rings (SSSR count). The Labute approximate surface area is 141 Å². The number of aromatic nitrogens is 2. The standard InChI is InChI=1S/C18H24FN3O2/c1-3-23-16(24-4-2)11-22-10-9-15-17(21-12-20-15)18(22)13-5-7-14(19)8-6-13/h5-8,12,16,18H,3-4,9-11H2,1-2H3,(H,20,21)/t18-/m1/s1. The van der Waals surface area contributed by atoms with Gasteiger partial charge in [-0.3, -0.25) is 4.90 Å². The summed E-state index contributed by atoms with van der Waals surface area (Å²) in [4.78, 5) is 10.0. The first-order valence-corrected chi connectivity index (χ1v) is 8.47. The minimum Gasteiger partial charge on any atom is -0.352 e. The zero-order valence-corrected chi connectivity index (χ0v) is 14.2. The van der Waals surface area contributed by atoms with E-state index in [4.69, 9.17) is 9.47 Å². The number of halogens is 1. The molecule has 0 saturated heterocycles. The fourth-order valence-corrected chi connectivity index (χ4v) is 3.25. The topological polar surface area (TPSA) is 50.4 Å². The van der Waals surface area contributed by atoms with Crippen LogP contribution in [0.3, 0.4) is 0 Å². The van der Waals surface area contributed by atoms with Crippen LogP contribution in [0.1, 0.15) is 36.8 Å². The molecule has 1 aromatic heterocycles. The van der Waals surface area contributed by atoms with Gasteiger partial charge in [0.05, 0.1) is 24.6 Å². The van der Waals surface area contributed by atoms with Gasteiger partial charge in [0.1, 0.15) is 5.82 Å². The summed E-state index contributed by atoms with van der Waals surface area (Å²) in [5, 5.41) is 0. The van der Waals surface area contributed by atoms with Gasteiger partial charge in [-0.05, 0) is 31.5 Å². The summed E-state index contributed by atoms with van der Waals surface area (Å²) < 4.78 is 24.7. The first-order chi connectivity index (χ1) is 11.7. The second kappa shape index (κ2) is 7.88. The van der Waals surface area contributed by atoms with Crippen molar-refractivity contribution in [2.75, 3.05) is 26.3 Å². The maximum atomic E-state index is 13.3. The molecule has 2 aromatic rings. The van der Waals surface area contributed by atoms with Gasteiger partial charge in [0, 0.05) is 31.9 Å². The van der Waals surface area contributed by atoms with E-state index in [9.17, 15) is 4.39 Å². The number of rotatable bonds is 7. The maximum Gasteiger partial charge on any atom is 0.170 e. The number of aromatic amines is 1. The number of H-pyrrole nitrogens is 1. The molecule has 0 saturated carbocycles. The SMILES string of the molecule is CCOC(CN1CCc2[nH]cnc2[C@H]1c1ccc(F)cc1)OCC. The third-order valence-electron chi connectivity index (χ3n) is 4.30. The van der Waals surface area contributed by atoms with Crippen LogP contribution in [0.25, 0.3) is 0 Å². The summed E-state index contributed by atoms with van der Waals surface area (Å²) in [5.74, 6) is -0.232. The Morgan fingerprint density at radius 1 is 1.25 bits per heavy atom. The first-order valence-electron chi connectivity index (χ1n) is 8.47. The Kier molecular flexibility index (Phi) is 5.60. The van der Waals surface area contributed by atoms with Gasteiger partial charge in [0.15, 0.2) is 6.29 Å². The molecule has 130 valence electrons. The van der Waals surface area contributed by atoms with E-state index in [1.807, 2.05) is 26.0 Å². The van der Waals surface area contributed by atoms with Crippen LogP contribution in [-0.2, 0) is 15.9 Å². The average molecular weight is 333 g/mol. The van der Waals surface area contributed by atoms with Gasteiger partial charge in [0.25, 0.3) is 0 Å². The van der Waals surface area contributed by atoms with Crippen molar-refractivity contribution >= 4 is 0 Å². The molecular weight excluding hydrogens is 309 g/mol. The van der Waals surface area contributed by atoms with E-state index in [0.29, 0.717) is 19.8 Å². The molecule has 0 bridgehead atoms. The second-order valence-electron chi connectivity index (χ2n) is 5.81. The molecule has 1 aliphatic rings. The normalized spacial score (nSPS) is 18.1. The van der Waals surface area contributed by atoms with Crippen molar-refractivity contribution in [2.45, 2.75) is 32.6 Å². The Balaban J connectivity index is 1.88. The van der Waals surface area contributed by atoms with E-state index < -0.39 is 0 Å². The zero-order valence-electron chi connectivity index (χ0n) is 14.2. The summed E-state index contributed by atoms with van der Waals surface area (Å²) in [5.41, 5.74) is 3.17. The summed E-state index contributed by atoms with van der Waals surface area (Å²) in [7, 11) is 0. The number of hydrogen-bond donors (Lipinski definition) is 1. The monoisotopic (exact) mass is 333 g/mol. The second-order valence-corrected chi connectivity index (χ2v) is 5.81. The summed E-state index contributed by atoms with van der Waals surface area (Å²) >= 11 is 0. The van der Waals surface area contributed by atoms with E-state index in [1.165, 1.54) is 12.1 Å². The van der Waals surface area contributed by atoms with Crippen LogP contribution in [-0.4, -0.2) is 47.5 Å². The lowest BCUT2D eigenvalue weighted by Crippen LogP contribution is -2.42. The van der Waals surface area contributed by atoms with Crippen LogP contribution in [0.5, 0.6) is 0 Å². The van der Waals surface area contributed by atoms with E-state index in [-0.39, 0.29) is 18.1 Å². The highest BCUT2D eigenvalue weighted by atomic mass is 19.1. The smallest absolute Gasteiger partial charge is 0.170 e. The highest BCUT2D eigenvalue weighted by Gasteiger charge is 2.32. The highest BCUT2D eigenvalue weighted by Crippen LogP contribution is 2.33. The van der Waals surface area contributed by atoms with E-state index in [1.54, 1.807) is 6.33 Å². The van der Waals surface area contributed by atoms with Gasteiger partial charge in [0.2, 0.25) is 0 Å². The quantitative estimate of drug-likeness (QED) is 0.792. The zero-order chi connectivity index (χ0) is 16.9. The Morgan fingerprint density at radius 3 is 2.62 bits per heavy atom. The number of hydrogen-bond acceptors (Lipinski definition) is 4. The molecule has 0 aliphatic carbocycles. The molecule has 0 amide bonds. The number of ether oxygens (including phenoxy) is 2. The Hall–Kier alpha value is -1.76. The van der Waals surface area contributed by atoms with Gasteiger partial charge < -0.3 is 14.5 Å². The molecule has 0 fully saturated rings. The molecular formula is C18H24FN3O2. The lowest BCUT2D eigenvalue weighted by atomic mass is 9.95. The van der Waals surface area contributed by atoms with Crippen molar-refractivity contribution in [3.63, 3.8) is 0 Å². The molecule has 6 heteroatoms. The number of benzene rings is 1. The summed E-state index contributed by atoms with van der Waals surface area (Å²) in [6.45, 7) is 6.65. The van der Waals surface area contributed by atoms with Gasteiger partial charge in [-0.1, -0.05) is 12.1 Å². The molecule has 0 spiro atoms. The van der Waals surface area contributed by atoms with Gasteiger partial charge in [-0.15, -0.1) is 0 Å². The summed E-state index contributed by atoms with van der Waals surface area (Å²) in [6.07, 6.45) is 2.36. The van der Waals surface area contributed by atoms with Crippen LogP contribution >= 0.6 is 0 Å². The van der Waals surface area contributed by atoms with E-state index in [0.717, 1.165) is 29.9 Å².